The molecule has 3 rings (SSSR count). The van der Waals surface area contributed by atoms with Crippen LogP contribution in [0.3, 0.4) is 0 Å². The van der Waals surface area contributed by atoms with Gasteiger partial charge in [0.25, 0.3) is 0 Å². The maximum Gasteiger partial charge on any atom is 0.170 e. The second-order valence-corrected chi connectivity index (χ2v) is 6.77. The summed E-state index contributed by atoms with van der Waals surface area (Å²) in [4.78, 5) is 3.88. The van der Waals surface area contributed by atoms with Crippen molar-refractivity contribution in [1.29, 1.82) is 5.41 Å². The fourth-order valence-electron chi connectivity index (χ4n) is 1.98. The van der Waals surface area contributed by atoms with E-state index in [0.29, 0.717) is 33.9 Å². The van der Waals surface area contributed by atoms with Gasteiger partial charge in [-0.3, -0.25) is 4.68 Å². The summed E-state index contributed by atoms with van der Waals surface area (Å²) in [5.74, 6) is 0.359. The normalized spacial score (nSPS) is 10.9. The second-order valence-electron chi connectivity index (χ2n) is 4.83. The number of hydrogen-bond donors (Lipinski definition) is 1. The number of nitrogens with one attached hydrogen (secondary N) is 1. The Balaban J connectivity index is 1.62. The third kappa shape index (κ3) is 4.06. The Morgan fingerprint density at radius 1 is 1.38 bits per heavy atom. The van der Waals surface area contributed by atoms with Gasteiger partial charge in [0, 0.05) is 12.2 Å². The largest absolute Gasteiger partial charge is 0.302 e. The Bertz CT molecular complexity index is 838. The van der Waals surface area contributed by atoms with Crippen molar-refractivity contribution < 1.29 is 9.02 Å². The highest BCUT2D eigenvalue weighted by Gasteiger charge is 2.16. The van der Waals surface area contributed by atoms with Crippen molar-refractivity contribution in [3.8, 4) is 0 Å². The molecule has 0 amide bonds. The fourth-order valence-corrected chi connectivity index (χ4v) is 3.26. The molecule has 0 fully saturated rings. The van der Waals surface area contributed by atoms with Gasteiger partial charge in [0.15, 0.2) is 10.7 Å². The molecule has 0 radical (unpaired) electrons. The summed E-state index contributed by atoms with van der Waals surface area (Å²) in [5, 5.41) is 20.5. The third-order valence-corrected chi connectivity index (χ3v) is 4.67. The first-order valence-electron chi connectivity index (χ1n) is 6.93. The Hall–Kier alpha value is -2.07. The average molecular weight is 411 g/mol. The first kappa shape index (κ1) is 16.8. The highest BCUT2D eigenvalue weighted by Crippen LogP contribution is 2.22. The van der Waals surface area contributed by atoms with Crippen molar-refractivity contribution in [3.63, 3.8) is 0 Å². The van der Waals surface area contributed by atoms with E-state index in [9.17, 15) is 4.39 Å². The van der Waals surface area contributed by atoms with E-state index >= 15 is 0 Å². The molecule has 7 nitrogen and oxygen atoms in total. The second kappa shape index (κ2) is 7.67. The van der Waals surface area contributed by atoms with Gasteiger partial charge in [0.1, 0.15) is 18.5 Å². The van der Waals surface area contributed by atoms with Gasteiger partial charge >= 0.3 is 0 Å². The lowest BCUT2D eigenvalue weighted by Gasteiger charge is -2.04. The molecule has 0 aliphatic carbocycles. The molecule has 3 aromatic rings. The zero-order valence-corrected chi connectivity index (χ0v) is 14.7. The Labute approximate surface area is 149 Å². The van der Waals surface area contributed by atoms with Crippen LogP contribution in [0.1, 0.15) is 11.3 Å². The molecule has 0 saturated carbocycles. The molecule has 0 spiro atoms. The topological polar surface area (TPSA) is 93.5 Å². The Kier molecular flexibility index (Phi) is 5.36. The fraction of sp³-hybridized carbons (Fsp3) is 0.214. The number of halogens is 2. The van der Waals surface area contributed by atoms with Gasteiger partial charge in [0.05, 0.1) is 16.7 Å². The molecule has 1 aromatic carbocycles. The summed E-state index contributed by atoms with van der Waals surface area (Å²) < 4.78 is 20.1. The van der Waals surface area contributed by atoms with Crippen LogP contribution in [0.25, 0.3) is 0 Å². The van der Waals surface area contributed by atoms with E-state index in [4.69, 9.17) is 10.0 Å². The predicted molar refractivity (Wildman–Crippen MR) is 89.7 cm³/mol. The lowest BCUT2D eigenvalue weighted by molar-refractivity contribution is 0.298. The molecule has 0 aliphatic rings. The van der Waals surface area contributed by atoms with Crippen molar-refractivity contribution in [3.05, 3.63) is 52.4 Å². The van der Waals surface area contributed by atoms with Crippen molar-refractivity contribution in [2.24, 2.45) is 0 Å². The molecule has 24 heavy (non-hydrogen) atoms. The standard InChI is InChI=1S/C14H12BrFN6OS/c15-10-5-9(1-2-11(10)16)6-12(17)13-14(21-23-20-13)24-4-3-22-8-18-7-19-22/h1-2,5,7-8,17H,3-4,6H2. The van der Waals surface area contributed by atoms with E-state index in [-0.39, 0.29) is 11.5 Å². The van der Waals surface area contributed by atoms with E-state index in [0.717, 1.165) is 5.56 Å². The average Bonchev–Trinajstić information content (AvgIpc) is 3.22. The number of nitrogens with zero attached hydrogens (tertiary/aromatic N) is 5. The maximum atomic E-state index is 13.3. The number of benzene rings is 1. The van der Waals surface area contributed by atoms with E-state index < -0.39 is 0 Å². The number of aromatic nitrogens is 5. The zero-order chi connectivity index (χ0) is 16.9. The van der Waals surface area contributed by atoms with Crippen LogP contribution < -0.4 is 0 Å². The van der Waals surface area contributed by atoms with Gasteiger partial charge in [-0.25, -0.2) is 14.0 Å². The number of thioether (sulfide) groups is 1. The SMILES string of the molecule is N=C(Cc1ccc(F)c(Br)c1)c1nonc1SCCn1cncn1. The van der Waals surface area contributed by atoms with Gasteiger partial charge in [-0.15, -0.1) is 0 Å². The Morgan fingerprint density at radius 2 is 2.25 bits per heavy atom. The lowest BCUT2D eigenvalue weighted by Crippen LogP contribution is -2.07. The van der Waals surface area contributed by atoms with Gasteiger partial charge in [-0.2, -0.15) is 5.10 Å². The van der Waals surface area contributed by atoms with Crippen molar-refractivity contribution in [2.45, 2.75) is 18.0 Å². The molecule has 2 aromatic heterocycles. The van der Waals surface area contributed by atoms with Crippen LogP contribution in [0.2, 0.25) is 0 Å². The minimum Gasteiger partial charge on any atom is -0.302 e. The smallest absolute Gasteiger partial charge is 0.170 e. The molecule has 2 heterocycles. The summed E-state index contributed by atoms with van der Waals surface area (Å²) in [6.07, 6.45) is 3.42. The molecular weight excluding hydrogens is 399 g/mol. The molecule has 0 aliphatic heterocycles. The molecule has 0 atom stereocenters. The van der Waals surface area contributed by atoms with Crippen LogP contribution in [0.5, 0.6) is 0 Å². The van der Waals surface area contributed by atoms with Crippen molar-refractivity contribution in [1.82, 2.24) is 25.1 Å². The van der Waals surface area contributed by atoms with Crippen LogP contribution in [-0.2, 0) is 13.0 Å². The van der Waals surface area contributed by atoms with Crippen LogP contribution >= 0.6 is 27.7 Å². The van der Waals surface area contributed by atoms with Gasteiger partial charge in [0.2, 0.25) is 0 Å². The van der Waals surface area contributed by atoms with Crippen LogP contribution in [0, 0.1) is 11.2 Å². The first-order chi connectivity index (χ1) is 11.6. The van der Waals surface area contributed by atoms with E-state index in [1.54, 1.807) is 23.1 Å². The van der Waals surface area contributed by atoms with Crippen LogP contribution in [-0.4, -0.2) is 36.5 Å². The predicted octanol–water partition coefficient (Wildman–Crippen LogP) is 2.97. The number of rotatable bonds is 7. The van der Waals surface area contributed by atoms with Crippen molar-refractivity contribution >= 4 is 33.4 Å². The summed E-state index contributed by atoms with van der Waals surface area (Å²) in [6.45, 7) is 0.662. The summed E-state index contributed by atoms with van der Waals surface area (Å²) in [6, 6.07) is 4.65. The van der Waals surface area contributed by atoms with Gasteiger partial charge in [-0.1, -0.05) is 17.8 Å². The van der Waals surface area contributed by atoms with Gasteiger partial charge in [-0.05, 0) is 43.9 Å². The highest BCUT2D eigenvalue weighted by molar-refractivity contribution is 9.10. The number of aryl methyl sites for hydroxylation is 1. The molecule has 0 bridgehead atoms. The van der Waals surface area contributed by atoms with Crippen LogP contribution in [0.4, 0.5) is 4.39 Å². The van der Waals surface area contributed by atoms with E-state index in [1.807, 2.05) is 0 Å². The molecule has 0 saturated heterocycles. The third-order valence-electron chi connectivity index (χ3n) is 3.13. The lowest BCUT2D eigenvalue weighted by atomic mass is 10.1. The number of hydrogen-bond acceptors (Lipinski definition) is 7. The molecular formula is C14H12BrFN6OS. The first-order valence-corrected chi connectivity index (χ1v) is 8.71. The highest BCUT2D eigenvalue weighted by atomic mass is 79.9. The minimum atomic E-state index is -0.335. The van der Waals surface area contributed by atoms with Crippen LogP contribution in [0.15, 0.2) is 45.0 Å². The molecule has 0 unspecified atom stereocenters. The van der Waals surface area contributed by atoms with E-state index in [1.165, 1.54) is 24.2 Å². The Morgan fingerprint density at radius 3 is 3.00 bits per heavy atom. The maximum absolute atomic E-state index is 13.3. The summed E-state index contributed by atoms with van der Waals surface area (Å²) in [7, 11) is 0. The molecule has 1 N–H and O–H groups in total. The minimum absolute atomic E-state index is 0.262. The van der Waals surface area contributed by atoms with E-state index in [2.05, 4.69) is 36.3 Å². The van der Waals surface area contributed by atoms with Gasteiger partial charge < -0.3 is 5.41 Å². The molecule has 124 valence electrons. The summed E-state index contributed by atoms with van der Waals surface area (Å²) >= 11 is 4.57. The monoisotopic (exact) mass is 410 g/mol. The summed E-state index contributed by atoms with van der Waals surface area (Å²) in [5.41, 5.74) is 1.46. The zero-order valence-electron chi connectivity index (χ0n) is 12.3. The quantitative estimate of drug-likeness (QED) is 0.475. The molecule has 10 heteroatoms. The van der Waals surface area contributed by atoms with Crippen molar-refractivity contribution in [2.75, 3.05) is 5.75 Å².